The highest BCUT2D eigenvalue weighted by Crippen LogP contribution is 2.28. The zero-order chi connectivity index (χ0) is 24.6. The van der Waals surface area contributed by atoms with E-state index >= 15 is 0 Å². The van der Waals surface area contributed by atoms with Crippen LogP contribution in [-0.2, 0) is 16.1 Å². The first-order valence-corrected chi connectivity index (χ1v) is 11.2. The highest BCUT2D eigenvalue weighted by Gasteiger charge is 2.37. The van der Waals surface area contributed by atoms with E-state index in [2.05, 4.69) is 20.4 Å². The Hall–Kier alpha value is -3.76. The summed E-state index contributed by atoms with van der Waals surface area (Å²) in [6.07, 6.45) is 4.36. The second-order valence-electron chi connectivity index (χ2n) is 9.73. The predicted octanol–water partition coefficient (Wildman–Crippen LogP) is 2.38. The topological polar surface area (TPSA) is 124 Å². The Morgan fingerprint density at radius 1 is 1.26 bits per heavy atom. The van der Waals surface area contributed by atoms with Crippen molar-refractivity contribution < 1.29 is 14.3 Å². The number of carbonyl (C=O) groups is 2. The molecule has 0 aromatic carbocycles. The van der Waals surface area contributed by atoms with Gasteiger partial charge >= 0.3 is 6.09 Å². The van der Waals surface area contributed by atoms with E-state index in [1.807, 2.05) is 46.9 Å². The van der Waals surface area contributed by atoms with Crippen LogP contribution in [0.5, 0.6) is 0 Å². The van der Waals surface area contributed by atoms with Crippen LogP contribution in [0, 0.1) is 0 Å². The van der Waals surface area contributed by atoms with Crippen LogP contribution < -0.4 is 10.9 Å². The smallest absolute Gasteiger partial charge is 0.410 e. The SMILES string of the molecule is CC(C)c1cc2c(=O)n(CC(=O)Nc3ccncn3)nc(C3CN(C(=O)OC(C)(C)C)C3)n2c1. The van der Waals surface area contributed by atoms with Crippen molar-refractivity contribution in [3.63, 3.8) is 0 Å². The molecule has 1 aliphatic heterocycles. The molecule has 1 fully saturated rings. The van der Waals surface area contributed by atoms with E-state index in [9.17, 15) is 14.4 Å². The van der Waals surface area contributed by atoms with E-state index in [0.717, 1.165) is 5.56 Å². The molecule has 0 radical (unpaired) electrons. The van der Waals surface area contributed by atoms with Crippen molar-refractivity contribution in [2.75, 3.05) is 18.4 Å². The molecule has 11 heteroatoms. The lowest BCUT2D eigenvalue weighted by Gasteiger charge is -2.39. The molecule has 0 spiro atoms. The number of hydrogen-bond acceptors (Lipinski definition) is 7. The molecule has 3 aromatic rings. The molecular weight excluding hydrogens is 438 g/mol. The van der Waals surface area contributed by atoms with Crippen molar-refractivity contribution in [2.45, 2.75) is 58.6 Å². The van der Waals surface area contributed by atoms with E-state index in [0.29, 0.717) is 30.2 Å². The van der Waals surface area contributed by atoms with Gasteiger partial charge in [0.25, 0.3) is 5.56 Å². The first-order chi connectivity index (χ1) is 16.0. The summed E-state index contributed by atoms with van der Waals surface area (Å²) in [4.78, 5) is 47.5. The van der Waals surface area contributed by atoms with Crippen molar-refractivity contribution in [1.82, 2.24) is 29.0 Å². The normalized spacial score (nSPS) is 14.4. The molecule has 4 rings (SSSR count). The van der Waals surface area contributed by atoms with Crippen molar-refractivity contribution in [3.05, 3.63) is 52.6 Å². The number of hydrogen-bond donors (Lipinski definition) is 1. The molecule has 1 N–H and O–H groups in total. The number of likely N-dealkylation sites (tertiary alicyclic amines) is 1. The summed E-state index contributed by atoms with van der Waals surface area (Å²) in [5.74, 6) is 0.644. The average molecular weight is 468 g/mol. The van der Waals surface area contributed by atoms with Crippen LogP contribution in [-0.4, -0.2) is 59.7 Å². The highest BCUT2D eigenvalue weighted by atomic mass is 16.6. The predicted molar refractivity (Wildman–Crippen MR) is 125 cm³/mol. The van der Waals surface area contributed by atoms with E-state index in [-0.39, 0.29) is 30.0 Å². The van der Waals surface area contributed by atoms with Gasteiger partial charge in [0.1, 0.15) is 35.6 Å². The van der Waals surface area contributed by atoms with E-state index in [1.165, 1.54) is 17.2 Å². The quantitative estimate of drug-likeness (QED) is 0.611. The zero-order valence-electron chi connectivity index (χ0n) is 20.0. The maximum Gasteiger partial charge on any atom is 0.410 e. The molecule has 1 saturated heterocycles. The van der Waals surface area contributed by atoms with Gasteiger partial charge in [-0.1, -0.05) is 13.8 Å². The number of rotatable bonds is 5. The maximum atomic E-state index is 13.2. The van der Waals surface area contributed by atoms with Crippen LogP contribution >= 0.6 is 0 Å². The molecule has 0 aliphatic carbocycles. The Morgan fingerprint density at radius 2 is 2.00 bits per heavy atom. The number of nitrogens with zero attached hydrogens (tertiary/aromatic N) is 6. The average Bonchev–Trinajstić information content (AvgIpc) is 3.16. The van der Waals surface area contributed by atoms with Crippen LogP contribution in [0.2, 0.25) is 0 Å². The Bertz CT molecular complexity index is 1270. The van der Waals surface area contributed by atoms with Gasteiger partial charge in [-0.3, -0.25) is 14.0 Å². The van der Waals surface area contributed by atoms with Gasteiger partial charge < -0.3 is 15.0 Å². The van der Waals surface area contributed by atoms with Gasteiger partial charge in [0.15, 0.2) is 0 Å². The monoisotopic (exact) mass is 467 g/mol. The molecule has 0 saturated carbocycles. The first kappa shape index (κ1) is 23.4. The van der Waals surface area contributed by atoms with Crippen LogP contribution in [0.1, 0.15) is 57.8 Å². The lowest BCUT2D eigenvalue weighted by molar-refractivity contribution is -0.117. The molecule has 0 atom stereocenters. The number of fused-ring (bicyclic) bond motifs is 1. The lowest BCUT2D eigenvalue weighted by Crippen LogP contribution is -2.51. The number of nitrogens with one attached hydrogen (secondary N) is 1. The second kappa shape index (κ2) is 8.88. The van der Waals surface area contributed by atoms with Gasteiger partial charge in [0.05, 0.1) is 5.92 Å². The minimum atomic E-state index is -0.579. The summed E-state index contributed by atoms with van der Waals surface area (Å²) in [5.41, 5.74) is 0.493. The molecule has 1 aliphatic rings. The minimum Gasteiger partial charge on any atom is -0.444 e. The fraction of sp³-hybridized carbons (Fsp3) is 0.478. The molecule has 0 bridgehead atoms. The molecule has 2 amide bonds. The highest BCUT2D eigenvalue weighted by molar-refractivity contribution is 5.89. The molecular formula is C23H29N7O4. The summed E-state index contributed by atoms with van der Waals surface area (Å²) in [7, 11) is 0. The molecule has 4 heterocycles. The summed E-state index contributed by atoms with van der Waals surface area (Å²) in [6.45, 7) is 10.1. The standard InChI is InChI=1S/C23H29N7O4/c1-14(2)15-8-17-21(32)30(12-19(31)26-18-6-7-24-13-25-18)27-20(29(17)11-15)16-9-28(10-16)22(33)34-23(3,4)5/h6-8,11,13-14,16H,9-10,12H2,1-5H3,(H,24,25,26,31). The van der Waals surface area contributed by atoms with Crippen molar-refractivity contribution in [2.24, 2.45) is 0 Å². The Balaban J connectivity index is 1.62. The van der Waals surface area contributed by atoms with Gasteiger partial charge in [-0.2, -0.15) is 5.10 Å². The summed E-state index contributed by atoms with van der Waals surface area (Å²) >= 11 is 0. The van der Waals surface area contributed by atoms with Gasteiger partial charge in [0, 0.05) is 25.5 Å². The molecule has 3 aromatic heterocycles. The first-order valence-electron chi connectivity index (χ1n) is 11.2. The zero-order valence-corrected chi connectivity index (χ0v) is 20.0. The fourth-order valence-electron chi connectivity index (χ4n) is 3.69. The molecule has 34 heavy (non-hydrogen) atoms. The lowest BCUT2D eigenvalue weighted by atomic mass is 10.00. The molecule has 11 nitrogen and oxygen atoms in total. The van der Waals surface area contributed by atoms with Crippen LogP contribution in [0.25, 0.3) is 5.52 Å². The third-order valence-corrected chi connectivity index (χ3v) is 5.47. The van der Waals surface area contributed by atoms with Crippen LogP contribution in [0.15, 0.2) is 35.6 Å². The van der Waals surface area contributed by atoms with Crippen molar-refractivity contribution in [3.8, 4) is 0 Å². The van der Waals surface area contributed by atoms with Gasteiger partial charge in [-0.15, -0.1) is 0 Å². The number of aromatic nitrogens is 5. The Morgan fingerprint density at radius 3 is 2.62 bits per heavy atom. The summed E-state index contributed by atoms with van der Waals surface area (Å²) in [6, 6.07) is 3.39. The van der Waals surface area contributed by atoms with Gasteiger partial charge in [-0.05, 0) is 44.4 Å². The van der Waals surface area contributed by atoms with Gasteiger partial charge in [-0.25, -0.2) is 19.4 Å². The van der Waals surface area contributed by atoms with Crippen molar-refractivity contribution in [1.29, 1.82) is 0 Å². The Kier molecular flexibility index (Phi) is 6.11. The minimum absolute atomic E-state index is 0.0980. The largest absolute Gasteiger partial charge is 0.444 e. The third-order valence-electron chi connectivity index (χ3n) is 5.47. The number of ether oxygens (including phenoxy) is 1. The van der Waals surface area contributed by atoms with E-state index in [1.54, 1.807) is 15.4 Å². The van der Waals surface area contributed by atoms with E-state index in [4.69, 9.17) is 4.74 Å². The molecule has 180 valence electrons. The summed E-state index contributed by atoms with van der Waals surface area (Å²) in [5, 5.41) is 7.18. The van der Waals surface area contributed by atoms with E-state index < -0.39 is 11.5 Å². The van der Waals surface area contributed by atoms with Crippen LogP contribution in [0.4, 0.5) is 10.6 Å². The van der Waals surface area contributed by atoms with Crippen LogP contribution in [0.3, 0.4) is 0 Å². The fourth-order valence-corrected chi connectivity index (χ4v) is 3.69. The third kappa shape index (κ3) is 4.92. The second-order valence-corrected chi connectivity index (χ2v) is 9.73. The van der Waals surface area contributed by atoms with Gasteiger partial charge in [0.2, 0.25) is 5.91 Å². The summed E-state index contributed by atoms with van der Waals surface area (Å²) < 4.78 is 8.40. The molecule has 0 unspecified atom stereocenters. The number of amides is 2. The number of anilines is 1. The number of carbonyl (C=O) groups excluding carboxylic acids is 2. The maximum absolute atomic E-state index is 13.2. The van der Waals surface area contributed by atoms with Crippen molar-refractivity contribution >= 4 is 23.3 Å². The Labute approximate surface area is 196 Å².